The second-order valence-electron chi connectivity index (χ2n) is 6.79. The number of aromatic nitrogens is 1. The average Bonchev–Trinajstić information content (AvgIpc) is 3.01. The van der Waals surface area contributed by atoms with Crippen molar-refractivity contribution in [2.75, 3.05) is 13.1 Å². The van der Waals surface area contributed by atoms with Gasteiger partial charge >= 0.3 is 0 Å². The van der Waals surface area contributed by atoms with Crippen molar-refractivity contribution >= 4 is 29.2 Å². The molecule has 1 aromatic heterocycles. The second kappa shape index (κ2) is 9.68. The van der Waals surface area contributed by atoms with E-state index >= 15 is 0 Å². The van der Waals surface area contributed by atoms with Gasteiger partial charge in [-0.25, -0.2) is 4.39 Å². The van der Waals surface area contributed by atoms with E-state index in [1.165, 1.54) is 12.1 Å². The van der Waals surface area contributed by atoms with Crippen LogP contribution in [0.5, 0.6) is 0 Å². The van der Waals surface area contributed by atoms with Gasteiger partial charge in [0.05, 0.1) is 0 Å². The summed E-state index contributed by atoms with van der Waals surface area (Å²) in [4.78, 5) is 15.7. The predicted octanol–water partition coefficient (Wildman–Crippen LogP) is 3.50. The topological polar surface area (TPSA) is 96.9 Å². The van der Waals surface area contributed by atoms with E-state index in [4.69, 9.17) is 11.5 Å². The maximum atomic E-state index is 13.1. The molecule has 7 heteroatoms. The maximum Gasteiger partial charge on any atom is 0.268 e. The lowest BCUT2D eigenvalue weighted by molar-refractivity contribution is 0.0946. The normalized spacial score (nSPS) is 11.9. The summed E-state index contributed by atoms with van der Waals surface area (Å²) in [5.74, 6) is -0.434. The van der Waals surface area contributed by atoms with Crippen LogP contribution < -0.4 is 16.8 Å². The van der Waals surface area contributed by atoms with E-state index in [-0.39, 0.29) is 30.2 Å². The lowest BCUT2D eigenvalue weighted by Crippen LogP contribution is -2.37. The van der Waals surface area contributed by atoms with Crippen LogP contribution in [0.1, 0.15) is 28.9 Å². The molecule has 5 nitrogen and oxygen atoms in total. The first-order valence-electron chi connectivity index (χ1n) is 9.11. The van der Waals surface area contributed by atoms with Gasteiger partial charge in [-0.15, -0.1) is 12.4 Å². The molecule has 0 saturated heterocycles. The van der Waals surface area contributed by atoms with Crippen molar-refractivity contribution in [3.05, 3.63) is 59.5 Å². The summed E-state index contributed by atoms with van der Waals surface area (Å²) in [6.07, 6.45) is 1.62. The van der Waals surface area contributed by atoms with Crippen molar-refractivity contribution in [3.8, 4) is 11.1 Å². The minimum absolute atomic E-state index is 0. The number of hydrogen-bond acceptors (Lipinski definition) is 3. The minimum Gasteiger partial charge on any atom is -0.350 e. The number of nitrogens with one attached hydrogen (secondary N) is 2. The molecule has 0 fully saturated rings. The van der Waals surface area contributed by atoms with Gasteiger partial charge in [-0.1, -0.05) is 18.2 Å². The van der Waals surface area contributed by atoms with E-state index in [1.54, 1.807) is 12.1 Å². The van der Waals surface area contributed by atoms with Crippen molar-refractivity contribution < 1.29 is 9.18 Å². The van der Waals surface area contributed by atoms with Crippen molar-refractivity contribution in [1.82, 2.24) is 10.3 Å². The summed E-state index contributed by atoms with van der Waals surface area (Å²) in [5.41, 5.74) is 15.7. The van der Waals surface area contributed by atoms with E-state index in [2.05, 4.69) is 10.3 Å². The fourth-order valence-electron chi connectivity index (χ4n) is 3.17. The summed E-state index contributed by atoms with van der Waals surface area (Å²) in [6.45, 7) is 2.92. The highest BCUT2D eigenvalue weighted by Gasteiger charge is 2.16. The van der Waals surface area contributed by atoms with Crippen molar-refractivity contribution in [3.63, 3.8) is 0 Å². The molecule has 0 unspecified atom stereocenters. The number of rotatable bonds is 7. The predicted molar refractivity (Wildman–Crippen MR) is 114 cm³/mol. The second-order valence-corrected chi connectivity index (χ2v) is 6.79. The molecular weight excluding hydrogens is 379 g/mol. The highest BCUT2D eigenvalue weighted by atomic mass is 35.5. The number of carbonyl (C=O) groups is 1. The molecule has 0 saturated carbocycles. The zero-order chi connectivity index (χ0) is 19.4. The van der Waals surface area contributed by atoms with E-state index in [0.717, 1.165) is 40.4 Å². The highest BCUT2D eigenvalue weighted by Crippen LogP contribution is 2.28. The maximum absolute atomic E-state index is 13.1. The summed E-state index contributed by atoms with van der Waals surface area (Å²) in [6, 6.07) is 12.2. The molecule has 6 N–H and O–H groups in total. The van der Waals surface area contributed by atoms with Crippen LogP contribution in [0.15, 0.2) is 42.5 Å². The summed E-state index contributed by atoms with van der Waals surface area (Å²) in [5, 5.41) is 3.85. The van der Waals surface area contributed by atoms with Gasteiger partial charge in [-0.3, -0.25) is 4.79 Å². The van der Waals surface area contributed by atoms with Gasteiger partial charge in [-0.2, -0.15) is 0 Å². The van der Waals surface area contributed by atoms with Crippen molar-refractivity contribution in [2.24, 2.45) is 11.5 Å². The number of carbonyl (C=O) groups excluding carboxylic acids is 1. The van der Waals surface area contributed by atoms with E-state index in [9.17, 15) is 9.18 Å². The number of H-pyrrole nitrogens is 1. The third kappa shape index (κ3) is 4.90. The van der Waals surface area contributed by atoms with Gasteiger partial charge in [0.2, 0.25) is 0 Å². The monoisotopic (exact) mass is 404 g/mol. The number of aromatic amines is 1. The number of aryl methyl sites for hydroxylation is 1. The molecule has 28 heavy (non-hydrogen) atoms. The van der Waals surface area contributed by atoms with Crippen LogP contribution in [0.2, 0.25) is 0 Å². The Morgan fingerprint density at radius 3 is 2.54 bits per heavy atom. The van der Waals surface area contributed by atoms with Crippen LogP contribution in [-0.2, 0) is 0 Å². The van der Waals surface area contributed by atoms with Crippen LogP contribution in [0.3, 0.4) is 0 Å². The van der Waals surface area contributed by atoms with Gasteiger partial charge in [0.15, 0.2) is 0 Å². The standard InChI is InChI=1S/C21H25FN4O.ClH/c1-13-18-11-15(14-4-7-16(22)8-5-14)6-9-19(18)26-20(13)21(27)25-12-17(24)3-2-10-23;/h4-9,11,17,26H,2-3,10,12,23-24H2,1H3,(H,25,27);1H/t17-;/m0./s1. The first-order chi connectivity index (χ1) is 13.0. The van der Waals surface area contributed by atoms with Crippen LogP contribution in [-0.4, -0.2) is 30.0 Å². The Morgan fingerprint density at radius 1 is 1.18 bits per heavy atom. The zero-order valence-electron chi connectivity index (χ0n) is 15.8. The molecule has 0 aliphatic heterocycles. The molecule has 0 bridgehead atoms. The number of fused-ring (bicyclic) bond motifs is 1. The first kappa shape index (κ1) is 21.9. The lowest BCUT2D eigenvalue weighted by atomic mass is 10.0. The van der Waals surface area contributed by atoms with Crippen LogP contribution in [0, 0.1) is 12.7 Å². The third-order valence-corrected chi connectivity index (χ3v) is 4.77. The molecule has 150 valence electrons. The van der Waals surface area contributed by atoms with Gasteiger partial charge in [-0.05, 0) is 67.3 Å². The summed E-state index contributed by atoms with van der Waals surface area (Å²) >= 11 is 0. The quantitative estimate of drug-likeness (QED) is 0.485. The molecule has 3 aromatic rings. The number of benzene rings is 2. The number of nitrogens with two attached hydrogens (primary N) is 2. The Labute approximate surface area is 170 Å². The average molecular weight is 405 g/mol. The van der Waals surface area contributed by atoms with E-state index in [1.807, 2.05) is 25.1 Å². The SMILES string of the molecule is Cc1c(C(=O)NC[C@@H](N)CCCN)[nH]c2ccc(-c3ccc(F)cc3)cc12.Cl. The van der Waals surface area contributed by atoms with E-state index < -0.39 is 0 Å². The Hall–Kier alpha value is -2.41. The van der Waals surface area contributed by atoms with E-state index in [0.29, 0.717) is 18.8 Å². The lowest BCUT2D eigenvalue weighted by Gasteiger charge is -2.12. The van der Waals surface area contributed by atoms with Gasteiger partial charge < -0.3 is 21.8 Å². The van der Waals surface area contributed by atoms with Gasteiger partial charge in [0, 0.05) is 23.5 Å². The van der Waals surface area contributed by atoms with Crippen LogP contribution in [0.4, 0.5) is 4.39 Å². The molecule has 1 heterocycles. The smallest absolute Gasteiger partial charge is 0.268 e. The Morgan fingerprint density at radius 2 is 1.86 bits per heavy atom. The Kier molecular flexibility index (Phi) is 7.57. The number of hydrogen-bond donors (Lipinski definition) is 4. The van der Waals surface area contributed by atoms with Crippen molar-refractivity contribution in [2.45, 2.75) is 25.8 Å². The number of amides is 1. The first-order valence-corrected chi connectivity index (χ1v) is 9.11. The Bertz CT molecular complexity index is 939. The van der Waals surface area contributed by atoms with Gasteiger partial charge in [0.25, 0.3) is 5.91 Å². The molecular formula is C21H26ClFN4O. The Balaban J connectivity index is 0.00000280. The molecule has 1 amide bonds. The van der Waals surface area contributed by atoms with Gasteiger partial charge in [0.1, 0.15) is 11.5 Å². The highest BCUT2D eigenvalue weighted by molar-refractivity contribution is 6.01. The fourth-order valence-corrected chi connectivity index (χ4v) is 3.17. The molecule has 0 aliphatic rings. The summed E-state index contributed by atoms with van der Waals surface area (Å²) in [7, 11) is 0. The molecule has 2 aromatic carbocycles. The van der Waals surface area contributed by atoms with Crippen LogP contribution in [0.25, 0.3) is 22.0 Å². The van der Waals surface area contributed by atoms with Crippen LogP contribution >= 0.6 is 12.4 Å². The number of halogens is 2. The van der Waals surface area contributed by atoms with Crippen molar-refractivity contribution in [1.29, 1.82) is 0 Å². The zero-order valence-corrected chi connectivity index (χ0v) is 16.6. The molecule has 0 spiro atoms. The molecule has 1 atom stereocenters. The molecule has 0 radical (unpaired) electrons. The fraction of sp³-hybridized carbons (Fsp3) is 0.286. The largest absolute Gasteiger partial charge is 0.350 e. The minimum atomic E-state index is -0.263. The molecule has 3 rings (SSSR count). The summed E-state index contributed by atoms with van der Waals surface area (Å²) < 4.78 is 13.1. The third-order valence-electron chi connectivity index (χ3n) is 4.77. The molecule has 0 aliphatic carbocycles.